The van der Waals surface area contributed by atoms with Crippen molar-refractivity contribution >= 4 is 35.3 Å². The lowest BCUT2D eigenvalue weighted by atomic mass is 10.6. The van der Waals surface area contributed by atoms with Gasteiger partial charge in [0.25, 0.3) is 0 Å². The first-order chi connectivity index (χ1) is 4.33. The van der Waals surface area contributed by atoms with Gasteiger partial charge in [0.2, 0.25) is 0 Å². The van der Waals surface area contributed by atoms with E-state index in [0.717, 1.165) is 4.51 Å². The van der Waals surface area contributed by atoms with Crippen LogP contribution in [0.3, 0.4) is 0 Å². The predicted octanol–water partition coefficient (Wildman–Crippen LogP) is 3.20. The van der Waals surface area contributed by atoms with Gasteiger partial charge in [-0.05, 0) is 23.8 Å². The average molecular weight is 174 g/mol. The van der Waals surface area contributed by atoms with E-state index < -0.39 is 0 Å². The summed E-state index contributed by atoms with van der Waals surface area (Å²) in [6.07, 6.45) is 2.06. The molecule has 0 saturated heterocycles. The molecule has 0 aromatic carbocycles. The first-order valence-corrected chi connectivity index (χ1v) is 4.97. The van der Waals surface area contributed by atoms with Crippen molar-refractivity contribution in [3.63, 3.8) is 0 Å². The van der Waals surface area contributed by atoms with Crippen LogP contribution in [0, 0.1) is 4.51 Å². The SMILES string of the molecule is CSc1cc(=S)ccs1. The summed E-state index contributed by atoms with van der Waals surface area (Å²) in [7, 11) is 0. The number of rotatable bonds is 1. The highest BCUT2D eigenvalue weighted by molar-refractivity contribution is 8.00. The fourth-order valence-corrected chi connectivity index (χ4v) is 2.23. The smallest absolute Gasteiger partial charge is 0.0609 e. The minimum absolute atomic E-state index is 0.929. The van der Waals surface area contributed by atoms with Gasteiger partial charge in [-0.3, -0.25) is 0 Å². The van der Waals surface area contributed by atoms with E-state index in [-0.39, 0.29) is 0 Å². The summed E-state index contributed by atoms with van der Waals surface area (Å²) in [5.41, 5.74) is 0. The topological polar surface area (TPSA) is 0 Å². The maximum atomic E-state index is 4.96. The lowest BCUT2D eigenvalue weighted by Gasteiger charge is -1.89. The number of hydrogen-bond acceptors (Lipinski definition) is 3. The van der Waals surface area contributed by atoms with Crippen LogP contribution >= 0.6 is 35.3 Å². The predicted molar refractivity (Wildman–Crippen MR) is 46.9 cm³/mol. The van der Waals surface area contributed by atoms with Gasteiger partial charge in [-0.15, -0.1) is 23.1 Å². The van der Waals surface area contributed by atoms with Crippen LogP contribution in [0.15, 0.2) is 21.7 Å². The molecule has 3 heteroatoms. The van der Waals surface area contributed by atoms with Gasteiger partial charge < -0.3 is 0 Å². The van der Waals surface area contributed by atoms with Crippen LogP contribution in [0.25, 0.3) is 0 Å². The lowest BCUT2D eigenvalue weighted by molar-refractivity contribution is 1.64. The van der Waals surface area contributed by atoms with Gasteiger partial charge in [0.15, 0.2) is 0 Å². The minimum Gasteiger partial charge on any atom is -0.137 e. The number of thioether (sulfide) groups is 1. The van der Waals surface area contributed by atoms with E-state index in [2.05, 4.69) is 6.26 Å². The van der Waals surface area contributed by atoms with E-state index in [1.165, 1.54) is 4.21 Å². The van der Waals surface area contributed by atoms with Crippen molar-refractivity contribution < 1.29 is 0 Å². The lowest BCUT2D eigenvalue weighted by Crippen LogP contribution is -1.61. The van der Waals surface area contributed by atoms with E-state index in [1.54, 1.807) is 23.1 Å². The van der Waals surface area contributed by atoms with Crippen LogP contribution in [0.5, 0.6) is 0 Å². The molecule has 0 aliphatic heterocycles. The Kier molecular flexibility index (Phi) is 2.69. The summed E-state index contributed by atoms with van der Waals surface area (Å²) in [5.74, 6) is 0. The molecule has 0 aliphatic rings. The Morgan fingerprint density at radius 2 is 2.44 bits per heavy atom. The Hall–Kier alpha value is 0.140. The Bertz CT molecular complexity index is 238. The summed E-state index contributed by atoms with van der Waals surface area (Å²) in [4.78, 5) is 0. The summed E-state index contributed by atoms with van der Waals surface area (Å²) >= 11 is 8.42. The summed E-state index contributed by atoms with van der Waals surface area (Å²) in [6.45, 7) is 0. The van der Waals surface area contributed by atoms with E-state index in [1.807, 2.05) is 17.5 Å². The summed E-state index contributed by atoms with van der Waals surface area (Å²) in [5, 5.41) is 2.02. The summed E-state index contributed by atoms with van der Waals surface area (Å²) < 4.78 is 2.21. The van der Waals surface area contributed by atoms with Crippen LogP contribution < -0.4 is 0 Å². The zero-order valence-electron chi connectivity index (χ0n) is 4.96. The van der Waals surface area contributed by atoms with Crippen LogP contribution in [-0.2, 0) is 0 Å². The van der Waals surface area contributed by atoms with E-state index in [9.17, 15) is 0 Å². The molecule has 0 aliphatic carbocycles. The quantitative estimate of drug-likeness (QED) is 0.473. The van der Waals surface area contributed by atoms with Crippen LogP contribution in [-0.4, -0.2) is 6.26 Å². The molecule has 0 atom stereocenters. The first kappa shape index (κ1) is 7.25. The van der Waals surface area contributed by atoms with Crippen molar-refractivity contribution in [2.24, 2.45) is 0 Å². The van der Waals surface area contributed by atoms with E-state index in [4.69, 9.17) is 12.2 Å². The maximum Gasteiger partial charge on any atom is 0.0609 e. The highest BCUT2D eigenvalue weighted by atomic mass is 32.2. The molecule has 0 radical (unpaired) electrons. The number of hydrogen-bond donors (Lipinski definition) is 0. The standard InChI is InChI=1S/C6H6S3/c1-8-6-4-5(7)2-3-9-6/h2-4H,1H3. The minimum atomic E-state index is 0.929. The highest BCUT2D eigenvalue weighted by Gasteiger charge is 1.85. The van der Waals surface area contributed by atoms with E-state index >= 15 is 0 Å². The molecule has 0 saturated carbocycles. The van der Waals surface area contributed by atoms with Crippen molar-refractivity contribution in [1.29, 1.82) is 0 Å². The molecular formula is C6H6S3. The molecular weight excluding hydrogens is 168 g/mol. The molecule has 1 rings (SSSR count). The Balaban J connectivity index is 3.08. The Labute approximate surface area is 67.9 Å². The third kappa shape index (κ3) is 2.08. The van der Waals surface area contributed by atoms with Gasteiger partial charge in [-0.25, -0.2) is 0 Å². The third-order valence-corrected chi connectivity index (χ3v) is 3.06. The molecule has 0 bridgehead atoms. The molecule has 0 N–H and O–H groups in total. The zero-order valence-corrected chi connectivity index (χ0v) is 7.41. The van der Waals surface area contributed by atoms with Crippen LogP contribution in [0.4, 0.5) is 0 Å². The molecule has 0 nitrogen and oxygen atoms in total. The maximum absolute atomic E-state index is 4.96. The highest BCUT2D eigenvalue weighted by Crippen LogP contribution is 2.18. The molecule has 1 heterocycles. The average Bonchev–Trinajstić information content (AvgIpc) is 1.88. The van der Waals surface area contributed by atoms with Gasteiger partial charge in [-0.1, -0.05) is 12.2 Å². The van der Waals surface area contributed by atoms with Crippen LogP contribution in [0.1, 0.15) is 0 Å². The fourth-order valence-electron chi connectivity index (χ4n) is 0.473. The van der Waals surface area contributed by atoms with Crippen molar-refractivity contribution in [1.82, 2.24) is 0 Å². The van der Waals surface area contributed by atoms with Gasteiger partial charge in [-0.2, -0.15) is 0 Å². The molecule has 0 fully saturated rings. The zero-order chi connectivity index (χ0) is 6.69. The molecule has 0 spiro atoms. The third-order valence-electron chi connectivity index (χ3n) is 0.878. The van der Waals surface area contributed by atoms with Crippen molar-refractivity contribution in [2.45, 2.75) is 4.21 Å². The molecule has 1 aromatic rings. The van der Waals surface area contributed by atoms with Crippen molar-refractivity contribution in [3.05, 3.63) is 22.0 Å². The Morgan fingerprint density at radius 3 is 2.89 bits per heavy atom. The van der Waals surface area contributed by atoms with Crippen LogP contribution in [0.2, 0.25) is 0 Å². The van der Waals surface area contributed by atoms with Crippen molar-refractivity contribution in [3.8, 4) is 0 Å². The second kappa shape index (κ2) is 3.34. The molecule has 1 aromatic heterocycles. The monoisotopic (exact) mass is 174 g/mol. The molecule has 0 unspecified atom stereocenters. The van der Waals surface area contributed by atoms with Gasteiger partial charge in [0.05, 0.1) is 4.21 Å². The van der Waals surface area contributed by atoms with E-state index in [0.29, 0.717) is 0 Å². The van der Waals surface area contributed by atoms with Gasteiger partial charge in [0.1, 0.15) is 0 Å². The molecule has 9 heavy (non-hydrogen) atoms. The summed E-state index contributed by atoms with van der Waals surface area (Å²) in [6, 6.07) is 3.96. The fraction of sp³-hybridized carbons (Fsp3) is 0.167. The first-order valence-electron chi connectivity index (χ1n) is 2.46. The Morgan fingerprint density at radius 1 is 1.67 bits per heavy atom. The van der Waals surface area contributed by atoms with Gasteiger partial charge >= 0.3 is 0 Å². The van der Waals surface area contributed by atoms with Gasteiger partial charge in [0, 0.05) is 4.51 Å². The second-order valence-electron chi connectivity index (χ2n) is 1.49. The van der Waals surface area contributed by atoms with Crippen molar-refractivity contribution in [2.75, 3.05) is 6.26 Å². The molecule has 48 valence electrons. The second-order valence-corrected chi connectivity index (χ2v) is 4.02. The molecule has 0 amide bonds. The largest absolute Gasteiger partial charge is 0.137 e. The normalized spacial score (nSPS) is 9.44.